The number of aromatic nitrogens is 4. The summed E-state index contributed by atoms with van der Waals surface area (Å²) in [5.41, 5.74) is 0.787. The third-order valence-corrected chi connectivity index (χ3v) is 6.60. The fourth-order valence-electron chi connectivity index (χ4n) is 3.96. The molecule has 0 saturated heterocycles. The van der Waals surface area contributed by atoms with E-state index in [9.17, 15) is 4.79 Å². The quantitative estimate of drug-likeness (QED) is 0.491. The highest BCUT2D eigenvalue weighted by atomic mass is 32.2. The molecule has 0 amide bonds. The summed E-state index contributed by atoms with van der Waals surface area (Å²) < 4.78 is 7.42. The van der Waals surface area contributed by atoms with Crippen LogP contribution in [0.3, 0.4) is 0 Å². The third-order valence-electron chi connectivity index (χ3n) is 5.66. The number of hydrogen-bond donors (Lipinski definition) is 0. The molecule has 3 aromatic rings. The molecule has 1 fully saturated rings. The first-order chi connectivity index (χ1) is 13.0. The molecule has 4 rings (SSSR count). The van der Waals surface area contributed by atoms with Gasteiger partial charge in [0.1, 0.15) is 0 Å². The molecule has 0 spiro atoms. The second kappa shape index (κ2) is 7.46. The van der Waals surface area contributed by atoms with E-state index in [0.29, 0.717) is 34.8 Å². The first kappa shape index (κ1) is 18.2. The topological polar surface area (TPSA) is 73.8 Å². The molecule has 2 aromatic heterocycles. The van der Waals surface area contributed by atoms with Crippen LogP contribution >= 0.6 is 11.8 Å². The van der Waals surface area contributed by atoms with Gasteiger partial charge in [-0.2, -0.15) is 0 Å². The molecule has 6 nitrogen and oxygen atoms in total. The number of rotatable bonds is 4. The summed E-state index contributed by atoms with van der Waals surface area (Å²) in [5.74, 6) is 2.63. The zero-order valence-electron chi connectivity index (χ0n) is 15.9. The third kappa shape index (κ3) is 3.52. The molecule has 0 bridgehead atoms. The van der Waals surface area contributed by atoms with Crippen molar-refractivity contribution in [2.75, 3.05) is 0 Å². The predicted octanol–water partition coefficient (Wildman–Crippen LogP) is 4.38. The van der Waals surface area contributed by atoms with Crippen molar-refractivity contribution >= 4 is 22.7 Å². The Kier molecular flexibility index (Phi) is 5.04. The molecule has 142 valence electrons. The van der Waals surface area contributed by atoms with Crippen molar-refractivity contribution in [2.45, 2.75) is 57.0 Å². The van der Waals surface area contributed by atoms with E-state index >= 15 is 0 Å². The van der Waals surface area contributed by atoms with Crippen LogP contribution in [0.25, 0.3) is 10.9 Å². The highest BCUT2D eigenvalue weighted by molar-refractivity contribution is 7.98. The lowest BCUT2D eigenvalue weighted by Gasteiger charge is -2.36. The first-order valence-corrected chi connectivity index (χ1v) is 10.5. The van der Waals surface area contributed by atoms with E-state index in [4.69, 9.17) is 9.40 Å². The van der Waals surface area contributed by atoms with Crippen LogP contribution in [0.5, 0.6) is 0 Å². The smallest absolute Gasteiger partial charge is 0.262 e. The molecule has 3 atom stereocenters. The van der Waals surface area contributed by atoms with E-state index in [2.05, 4.69) is 24.0 Å². The average molecular weight is 385 g/mol. The standard InChI is InChI=1S/C20H24N4O2S/c1-12-7-6-10-17(13(12)2)24-19(25)15-8-4-5-9-16(15)21-20(24)27-11-18-23-22-14(3)26-18/h4-5,8-9,12-13,17H,6-7,10-11H2,1-3H3. The van der Waals surface area contributed by atoms with Gasteiger partial charge < -0.3 is 4.42 Å². The van der Waals surface area contributed by atoms with Crippen LogP contribution in [0.1, 0.15) is 50.9 Å². The van der Waals surface area contributed by atoms with E-state index in [1.54, 1.807) is 6.92 Å². The largest absolute Gasteiger partial charge is 0.425 e. The maximum atomic E-state index is 13.4. The second-order valence-electron chi connectivity index (χ2n) is 7.42. The molecule has 1 saturated carbocycles. The number of thioether (sulfide) groups is 1. The van der Waals surface area contributed by atoms with E-state index in [0.717, 1.165) is 23.5 Å². The molecule has 27 heavy (non-hydrogen) atoms. The summed E-state index contributed by atoms with van der Waals surface area (Å²) in [6.45, 7) is 6.31. The zero-order chi connectivity index (χ0) is 19.0. The Labute approximate surface area is 162 Å². The number of nitrogens with zero attached hydrogens (tertiary/aromatic N) is 4. The fourth-order valence-corrected chi connectivity index (χ4v) is 4.85. The monoisotopic (exact) mass is 384 g/mol. The van der Waals surface area contributed by atoms with Gasteiger partial charge in [-0.25, -0.2) is 4.98 Å². The van der Waals surface area contributed by atoms with Crippen molar-refractivity contribution in [3.8, 4) is 0 Å². The molecule has 1 aromatic carbocycles. The van der Waals surface area contributed by atoms with Crippen LogP contribution < -0.4 is 5.56 Å². The van der Waals surface area contributed by atoms with Crippen molar-refractivity contribution in [1.82, 2.24) is 19.7 Å². The first-order valence-electron chi connectivity index (χ1n) is 9.47. The van der Waals surface area contributed by atoms with Gasteiger partial charge in [-0.15, -0.1) is 10.2 Å². The number of aryl methyl sites for hydroxylation is 1. The molecular formula is C20H24N4O2S. The minimum absolute atomic E-state index is 0.0516. The van der Waals surface area contributed by atoms with Crippen LogP contribution in [0.15, 0.2) is 38.6 Å². The Morgan fingerprint density at radius 1 is 1.22 bits per heavy atom. The summed E-state index contributed by atoms with van der Waals surface area (Å²) in [4.78, 5) is 18.2. The molecule has 2 heterocycles. The average Bonchev–Trinajstić information content (AvgIpc) is 3.08. The molecule has 3 unspecified atom stereocenters. The zero-order valence-corrected chi connectivity index (χ0v) is 16.7. The Morgan fingerprint density at radius 3 is 2.81 bits per heavy atom. The summed E-state index contributed by atoms with van der Waals surface area (Å²) in [7, 11) is 0. The molecule has 0 radical (unpaired) electrons. The van der Waals surface area contributed by atoms with Crippen LogP contribution in [-0.2, 0) is 5.75 Å². The Hall–Kier alpha value is -2.15. The molecule has 7 heteroatoms. The SMILES string of the molecule is Cc1nnc(CSc2nc3ccccc3c(=O)n2C2CCCC(C)C2C)o1. The summed E-state index contributed by atoms with van der Waals surface area (Å²) in [6.07, 6.45) is 3.37. The van der Waals surface area contributed by atoms with Gasteiger partial charge in [0, 0.05) is 13.0 Å². The minimum Gasteiger partial charge on any atom is -0.425 e. The van der Waals surface area contributed by atoms with Gasteiger partial charge in [0.05, 0.1) is 16.7 Å². The number of fused-ring (bicyclic) bond motifs is 1. The van der Waals surface area contributed by atoms with Crippen molar-refractivity contribution in [3.63, 3.8) is 0 Å². The van der Waals surface area contributed by atoms with Crippen LogP contribution in [0.4, 0.5) is 0 Å². The van der Waals surface area contributed by atoms with Crippen LogP contribution in [0, 0.1) is 18.8 Å². The second-order valence-corrected chi connectivity index (χ2v) is 8.37. The van der Waals surface area contributed by atoms with Gasteiger partial charge in [-0.1, -0.05) is 50.6 Å². The maximum absolute atomic E-state index is 13.4. The summed E-state index contributed by atoms with van der Waals surface area (Å²) in [6, 6.07) is 7.75. The molecule has 1 aliphatic rings. The van der Waals surface area contributed by atoms with E-state index in [-0.39, 0.29) is 11.6 Å². The van der Waals surface area contributed by atoms with Crippen molar-refractivity contribution in [3.05, 3.63) is 46.4 Å². The lowest BCUT2D eigenvalue weighted by molar-refractivity contribution is 0.173. The maximum Gasteiger partial charge on any atom is 0.262 e. The Morgan fingerprint density at radius 2 is 2.04 bits per heavy atom. The highest BCUT2D eigenvalue weighted by Crippen LogP contribution is 2.39. The molecule has 0 aliphatic heterocycles. The summed E-state index contributed by atoms with van der Waals surface area (Å²) in [5, 5.41) is 9.36. The van der Waals surface area contributed by atoms with Gasteiger partial charge in [0.25, 0.3) is 5.56 Å². The molecule has 1 aliphatic carbocycles. The van der Waals surface area contributed by atoms with Gasteiger partial charge in [0.2, 0.25) is 11.8 Å². The Balaban J connectivity index is 1.78. The number of hydrogen-bond acceptors (Lipinski definition) is 6. The van der Waals surface area contributed by atoms with Crippen molar-refractivity contribution < 1.29 is 4.42 Å². The van der Waals surface area contributed by atoms with Gasteiger partial charge in [0.15, 0.2) is 5.16 Å². The summed E-state index contributed by atoms with van der Waals surface area (Å²) >= 11 is 1.49. The van der Waals surface area contributed by atoms with Gasteiger partial charge >= 0.3 is 0 Å². The number of benzene rings is 1. The van der Waals surface area contributed by atoms with E-state index in [1.807, 2.05) is 28.8 Å². The Bertz CT molecular complexity index is 1010. The van der Waals surface area contributed by atoms with E-state index < -0.39 is 0 Å². The number of para-hydroxylation sites is 1. The van der Waals surface area contributed by atoms with Crippen molar-refractivity contribution in [2.24, 2.45) is 11.8 Å². The van der Waals surface area contributed by atoms with Gasteiger partial charge in [-0.05, 0) is 30.4 Å². The lowest BCUT2D eigenvalue weighted by atomic mass is 9.78. The lowest BCUT2D eigenvalue weighted by Crippen LogP contribution is -2.35. The van der Waals surface area contributed by atoms with Crippen molar-refractivity contribution in [1.29, 1.82) is 0 Å². The molecular weight excluding hydrogens is 360 g/mol. The normalized spacial score (nSPS) is 23.0. The van der Waals surface area contributed by atoms with Gasteiger partial charge in [-0.3, -0.25) is 9.36 Å². The minimum atomic E-state index is 0.0516. The predicted molar refractivity (Wildman–Crippen MR) is 106 cm³/mol. The molecule has 0 N–H and O–H groups in total. The highest BCUT2D eigenvalue weighted by Gasteiger charge is 2.31. The van der Waals surface area contributed by atoms with Crippen LogP contribution in [0.2, 0.25) is 0 Å². The fraction of sp³-hybridized carbons (Fsp3) is 0.500. The van der Waals surface area contributed by atoms with E-state index in [1.165, 1.54) is 18.2 Å². The van der Waals surface area contributed by atoms with Crippen LogP contribution in [-0.4, -0.2) is 19.7 Å².